The number of aromatic nitrogens is 1. The summed E-state index contributed by atoms with van der Waals surface area (Å²) in [5.41, 5.74) is 0.994. The summed E-state index contributed by atoms with van der Waals surface area (Å²) in [6, 6.07) is 9.58. The second-order valence-corrected chi connectivity index (χ2v) is 7.34. The molecule has 28 heavy (non-hydrogen) atoms. The number of hydrogen-bond acceptors (Lipinski definition) is 6. The topological polar surface area (TPSA) is 133 Å². The van der Waals surface area contributed by atoms with Crippen molar-refractivity contribution in [3.8, 4) is 28.3 Å². The van der Waals surface area contributed by atoms with Gasteiger partial charge in [0.1, 0.15) is 12.1 Å². The summed E-state index contributed by atoms with van der Waals surface area (Å²) in [6.07, 6.45) is -0.471. The second-order valence-electron chi connectivity index (χ2n) is 5.77. The monoisotopic (exact) mass is 406 g/mol. The molecule has 3 N–H and O–H groups in total. The van der Waals surface area contributed by atoms with E-state index in [1.165, 1.54) is 49.6 Å². The van der Waals surface area contributed by atoms with Crippen LogP contribution in [0.25, 0.3) is 22.6 Å². The Morgan fingerprint density at radius 2 is 1.86 bits per heavy atom. The second kappa shape index (κ2) is 7.41. The van der Waals surface area contributed by atoms with Crippen molar-refractivity contribution < 1.29 is 31.9 Å². The van der Waals surface area contributed by atoms with Crippen LogP contribution in [0.3, 0.4) is 0 Å². The highest BCUT2D eigenvalue weighted by Gasteiger charge is 2.20. The molecular formula is C18H15FN2O6S. The lowest BCUT2D eigenvalue weighted by atomic mass is 10.1. The van der Waals surface area contributed by atoms with Gasteiger partial charge in [0, 0.05) is 11.1 Å². The van der Waals surface area contributed by atoms with Crippen LogP contribution < -0.4 is 9.88 Å². The number of halogens is 1. The molecule has 146 valence electrons. The molecule has 0 radical (unpaired) electrons. The number of rotatable bonds is 6. The summed E-state index contributed by atoms with van der Waals surface area (Å²) < 4.78 is 47.4. The van der Waals surface area contributed by atoms with Crippen LogP contribution in [-0.4, -0.2) is 31.6 Å². The summed E-state index contributed by atoms with van der Waals surface area (Å²) in [5, 5.41) is 14.1. The Kier molecular flexibility index (Phi) is 5.16. The third-order valence-electron chi connectivity index (χ3n) is 3.84. The summed E-state index contributed by atoms with van der Waals surface area (Å²) in [4.78, 5) is 15.1. The molecule has 2 aromatic carbocycles. The van der Waals surface area contributed by atoms with Crippen molar-refractivity contribution in [2.75, 3.05) is 7.11 Å². The summed E-state index contributed by atoms with van der Waals surface area (Å²) in [5.74, 6) is -1.69. The number of carboxylic acids is 1. The SMILES string of the molecule is COc1ccc(-c2oc(CC(=O)O)nc2-c2ccc(S(N)(=O)=O)cc2)cc1F. The minimum Gasteiger partial charge on any atom is -0.494 e. The molecule has 0 aliphatic carbocycles. The van der Waals surface area contributed by atoms with Crippen LogP contribution in [0, 0.1) is 5.82 Å². The number of aliphatic carboxylic acids is 1. The van der Waals surface area contributed by atoms with Crippen molar-refractivity contribution >= 4 is 16.0 Å². The van der Waals surface area contributed by atoms with E-state index in [1.54, 1.807) is 0 Å². The van der Waals surface area contributed by atoms with Gasteiger partial charge in [0.15, 0.2) is 17.3 Å². The van der Waals surface area contributed by atoms with E-state index in [9.17, 15) is 17.6 Å². The van der Waals surface area contributed by atoms with E-state index >= 15 is 0 Å². The molecule has 0 bridgehead atoms. The van der Waals surface area contributed by atoms with Crippen molar-refractivity contribution in [2.24, 2.45) is 5.14 Å². The van der Waals surface area contributed by atoms with Crippen molar-refractivity contribution in [3.05, 3.63) is 54.2 Å². The molecule has 0 aliphatic heterocycles. The largest absolute Gasteiger partial charge is 0.494 e. The maximum atomic E-state index is 14.1. The standard InChI is InChI=1S/C18H15FN2O6S/c1-26-14-7-4-11(8-13(14)19)18-17(21-15(27-18)9-16(22)23)10-2-5-12(6-3-10)28(20,24)25/h2-8H,9H2,1H3,(H,22,23)(H2,20,24,25). The average Bonchev–Trinajstić information content (AvgIpc) is 3.04. The van der Waals surface area contributed by atoms with Gasteiger partial charge in [-0.05, 0) is 30.3 Å². The molecule has 0 aliphatic rings. The maximum absolute atomic E-state index is 14.1. The zero-order valence-corrected chi connectivity index (χ0v) is 15.4. The molecule has 0 saturated carbocycles. The number of oxazole rings is 1. The van der Waals surface area contributed by atoms with Gasteiger partial charge in [0.2, 0.25) is 15.9 Å². The molecule has 8 nitrogen and oxygen atoms in total. The van der Waals surface area contributed by atoms with E-state index in [0.717, 1.165) is 0 Å². The number of nitrogens with two attached hydrogens (primary N) is 1. The van der Waals surface area contributed by atoms with Crippen LogP contribution in [0.5, 0.6) is 5.75 Å². The maximum Gasteiger partial charge on any atom is 0.312 e. The van der Waals surface area contributed by atoms with Gasteiger partial charge in [-0.1, -0.05) is 12.1 Å². The molecular weight excluding hydrogens is 391 g/mol. The highest BCUT2D eigenvalue weighted by atomic mass is 32.2. The minimum atomic E-state index is -3.87. The fourth-order valence-corrected chi connectivity index (χ4v) is 3.09. The fourth-order valence-electron chi connectivity index (χ4n) is 2.57. The van der Waals surface area contributed by atoms with Crippen LogP contribution in [0.2, 0.25) is 0 Å². The zero-order valence-electron chi connectivity index (χ0n) is 14.5. The molecule has 0 unspecified atom stereocenters. The number of benzene rings is 2. The van der Waals surface area contributed by atoms with Crippen molar-refractivity contribution in [2.45, 2.75) is 11.3 Å². The van der Waals surface area contributed by atoms with Gasteiger partial charge in [-0.3, -0.25) is 4.79 Å². The molecule has 10 heteroatoms. The predicted molar refractivity (Wildman–Crippen MR) is 96.6 cm³/mol. The highest BCUT2D eigenvalue weighted by Crippen LogP contribution is 2.35. The first-order valence-corrected chi connectivity index (χ1v) is 9.42. The minimum absolute atomic E-state index is 0.0353. The number of carbonyl (C=O) groups is 1. The third-order valence-corrected chi connectivity index (χ3v) is 4.77. The first-order chi connectivity index (χ1) is 13.2. The molecule has 0 atom stereocenters. The van der Waals surface area contributed by atoms with Gasteiger partial charge in [-0.25, -0.2) is 22.9 Å². The van der Waals surface area contributed by atoms with Crippen molar-refractivity contribution in [1.82, 2.24) is 4.98 Å². The van der Waals surface area contributed by atoms with Crippen molar-refractivity contribution in [1.29, 1.82) is 0 Å². The van der Waals surface area contributed by atoms with Gasteiger partial charge in [0.25, 0.3) is 0 Å². The number of carboxylic acid groups (broad SMARTS) is 1. The molecule has 0 saturated heterocycles. The van der Waals surface area contributed by atoms with Gasteiger partial charge < -0.3 is 14.3 Å². The number of ether oxygens (including phenoxy) is 1. The highest BCUT2D eigenvalue weighted by molar-refractivity contribution is 7.89. The first-order valence-electron chi connectivity index (χ1n) is 7.87. The number of methoxy groups -OCH3 is 1. The quantitative estimate of drug-likeness (QED) is 0.642. The van der Waals surface area contributed by atoms with E-state index in [2.05, 4.69) is 4.98 Å². The molecule has 1 heterocycles. The summed E-state index contributed by atoms with van der Waals surface area (Å²) in [7, 11) is -2.54. The van der Waals surface area contributed by atoms with E-state index in [1.807, 2.05) is 0 Å². The lowest BCUT2D eigenvalue weighted by Gasteiger charge is -2.05. The van der Waals surface area contributed by atoms with Crippen LogP contribution >= 0.6 is 0 Å². The molecule has 3 rings (SSSR count). The van der Waals surface area contributed by atoms with Crippen molar-refractivity contribution in [3.63, 3.8) is 0 Å². The molecule has 1 aromatic heterocycles. The van der Waals surface area contributed by atoms with E-state index < -0.39 is 28.2 Å². The Morgan fingerprint density at radius 1 is 1.21 bits per heavy atom. The van der Waals surface area contributed by atoms with Gasteiger partial charge in [0.05, 0.1) is 12.0 Å². The normalized spacial score (nSPS) is 11.4. The lowest BCUT2D eigenvalue weighted by molar-refractivity contribution is -0.136. The number of primary sulfonamides is 1. The van der Waals surface area contributed by atoms with E-state index in [4.69, 9.17) is 19.4 Å². The average molecular weight is 406 g/mol. The number of sulfonamides is 1. The Labute approximate surface area is 159 Å². The Bertz CT molecular complexity index is 1140. The van der Waals surface area contributed by atoms with E-state index in [-0.39, 0.29) is 28.0 Å². The molecule has 3 aromatic rings. The van der Waals surface area contributed by atoms with Gasteiger partial charge in [-0.15, -0.1) is 0 Å². The number of hydrogen-bond donors (Lipinski definition) is 2. The zero-order chi connectivity index (χ0) is 20.5. The predicted octanol–water partition coefficient (Wildman–Crippen LogP) is 2.43. The summed E-state index contributed by atoms with van der Waals surface area (Å²) >= 11 is 0. The van der Waals surface area contributed by atoms with Crippen LogP contribution in [0.4, 0.5) is 4.39 Å². The molecule has 0 amide bonds. The van der Waals surface area contributed by atoms with E-state index in [0.29, 0.717) is 11.1 Å². The van der Waals surface area contributed by atoms with Crippen LogP contribution in [-0.2, 0) is 21.2 Å². The fraction of sp³-hybridized carbons (Fsp3) is 0.111. The van der Waals surface area contributed by atoms with Crippen LogP contribution in [0.15, 0.2) is 51.8 Å². The Morgan fingerprint density at radius 3 is 2.39 bits per heavy atom. The third kappa shape index (κ3) is 4.02. The lowest BCUT2D eigenvalue weighted by Crippen LogP contribution is -2.11. The van der Waals surface area contributed by atoms with Gasteiger partial charge >= 0.3 is 5.97 Å². The Balaban J connectivity index is 2.13. The molecule has 0 spiro atoms. The smallest absolute Gasteiger partial charge is 0.312 e. The summed E-state index contributed by atoms with van der Waals surface area (Å²) in [6.45, 7) is 0. The Hall–Kier alpha value is -3.24. The van der Waals surface area contributed by atoms with Crippen LogP contribution in [0.1, 0.15) is 5.89 Å². The van der Waals surface area contributed by atoms with Gasteiger partial charge in [-0.2, -0.15) is 0 Å². The molecule has 0 fully saturated rings. The number of nitrogens with zero attached hydrogens (tertiary/aromatic N) is 1. The first kappa shape index (κ1) is 19.5.